The van der Waals surface area contributed by atoms with E-state index in [4.69, 9.17) is 16.3 Å². The number of aromatic nitrogens is 4. The van der Waals surface area contributed by atoms with Gasteiger partial charge in [0.1, 0.15) is 16.7 Å². The van der Waals surface area contributed by atoms with Crippen LogP contribution >= 0.6 is 11.6 Å². The molecule has 140 valence electrons. The Bertz CT molecular complexity index is 924. The Hall–Kier alpha value is -2.93. The molecule has 3 rings (SSSR count). The third-order valence-electron chi connectivity index (χ3n) is 4.02. The molecule has 0 amide bonds. The number of carbonyl (C=O) groups excluding carboxylic acids is 1. The van der Waals surface area contributed by atoms with Crippen LogP contribution in [0.15, 0.2) is 36.5 Å². The predicted octanol–water partition coefficient (Wildman–Crippen LogP) is 3.70. The van der Waals surface area contributed by atoms with Gasteiger partial charge in [0.25, 0.3) is 5.95 Å². The summed E-state index contributed by atoms with van der Waals surface area (Å²) in [4.78, 5) is 20.0. The predicted molar refractivity (Wildman–Crippen MR) is 104 cm³/mol. The molecule has 0 aliphatic carbocycles. The number of nitrogens with zero attached hydrogens (tertiary/aromatic N) is 4. The second kappa shape index (κ2) is 8.64. The quantitative estimate of drug-likeness (QED) is 0.470. The number of nitrogens with one attached hydrogen (secondary N) is 1. The second-order valence-electron chi connectivity index (χ2n) is 5.90. The number of hydrogen-bond donors (Lipinski definition) is 1. The summed E-state index contributed by atoms with van der Waals surface area (Å²) in [6.45, 7) is 2.60. The molecule has 0 saturated carbocycles. The molecule has 8 heteroatoms. The van der Waals surface area contributed by atoms with Gasteiger partial charge in [-0.25, -0.2) is 4.68 Å². The van der Waals surface area contributed by atoms with Gasteiger partial charge in [-0.2, -0.15) is 15.1 Å². The molecule has 1 aromatic carbocycles. The molecule has 0 bridgehead atoms. The highest BCUT2D eigenvalue weighted by atomic mass is 35.5. The van der Waals surface area contributed by atoms with Crippen LogP contribution in [-0.4, -0.2) is 33.1 Å². The lowest BCUT2D eigenvalue weighted by Gasteiger charge is -2.10. The van der Waals surface area contributed by atoms with E-state index in [0.29, 0.717) is 35.4 Å². The minimum absolute atomic E-state index is 0.294. The molecule has 0 fully saturated rings. The zero-order valence-corrected chi connectivity index (χ0v) is 15.9. The van der Waals surface area contributed by atoms with Gasteiger partial charge in [-0.1, -0.05) is 37.1 Å². The second-order valence-corrected chi connectivity index (χ2v) is 6.29. The number of anilines is 1. The van der Waals surface area contributed by atoms with Crippen LogP contribution in [0.3, 0.4) is 0 Å². The first-order chi connectivity index (χ1) is 13.1. The smallest absolute Gasteiger partial charge is 0.254 e. The molecular weight excluding hydrogens is 366 g/mol. The average molecular weight is 386 g/mol. The van der Waals surface area contributed by atoms with E-state index >= 15 is 0 Å². The van der Waals surface area contributed by atoms with Crippen molar-refractivity contribution in [2.45, 2.75) is 26.3 Å². The number of carbonyl (C=O) groups is 1. The molecular formula is C19H20ClN5O2. The monoisotopic (exact) mass is 385 g/mol. The Morgan fingerprint density at radius 3 is 2.70 bits per heavy atom. The third kappa shape index (κ3) is 4.43. The molecule has 27 heavy (non-hydrogen) atoms. The molecule has 2 heterocycles. The normalized spacial score (nSPS) is 10.6. The van der Waals surface area contributed by atoms with Gasteiger partial charge >= 0.3 is 0 Å². The van der Waals surface area contributed by atoms with Crippen LogP contribution < -0.4 is 10.1 Å². The van der Waals surface area contributed by atoms with Gasteiger partial charge < -0.3 is 10.1 Å². The highest BCUT2D eigenvalue weighted by molar-refractivity contribution is 6.29. The van der Waals surface area contributed by atoms with Gasteiger partial charge in [0.2, 0.25) is 0 Å². The minimum Gasteiger partial charge on any atom is -0.497 e. The molecule has 2 aromatic heterocycles. The fourth-order valence-electron chi connectivity index (χ4n) is 2.67. The van der Waals surface area contributed by atoms with E-state index in [1.165, 1.54) is 6.20 Å². The van der Waals surface area contributed by atoms with Gasteiger partial charge in [0, 0.05) is 12.6 Å². The van der Waals surface area contributed by atoms with E-state index in [-0.39, 0.29) is 0 Å². The molecule has 0 unspecified atom stereocenters. The van der Waals surface area contributed by atoms with E-state index in [1.807, 2.05) is 31.2 Å². The van der Waals surface area contributed by atoms with Crippen LogP contribution in [0.1, 0.15) is 35.0 Å². The highest BCUT2D eigenvalue weighted by Crippen LogP contribution is 2.19. The maximum Gasteiger partial charge on any atom is 0.254 e. The number of halogens is 1. The van der Waals surface area contributed by atoms with E-state index < -0.39 is 0 Å². The van der Waals surface area contributed by atoms with Crippen molar-refractivity contribution in [1.29, 1.82) is 0 Å². The molecule has 0 aliphatic heterocycles. The van der Waals surface area contributed by atoms with Crippen molar-refractivity contribution < 1.29 is 9.53 Å². The largest absolute Gasteiger partial charge is 0.497 e. The SMILES string of the molecule is CCCc1c(C=O)cnn1-c1nc(Cl)cc(NCc2ccc(OC)cc2)n1. The van der Waals surface area contributed by atoms with Crippen molar-refractivity contribution in [3.8, 4) is 11.7 Å². The summed E-state index contributed by atoms with van der Waals surface area (Å²) < 4.78 is 6.73. The highest BCUT2D eigenvalue weighted by Gasteiger charge is 2.14. The average Bonchev–Trinajstić information content (AvgIpc) is 3.09. The van der Waals surface area contributed by atoms with E-state index in [1.54, 1.807) is 17.9 Å². The summed E-state index contributed by atoms with van der Waals surface area (Å²) in [5, 5.41) is 7.78. The number of methoxy groups -OCH3 is 1. The third-order valence-corrected chi connectivity index (χ3v) is 4.21. The summed E-state index contributed by atoms with van der Waals surface area (Å²) in [6.07, 6.45) is 3.88. The van der Waals surface area contributed by atoms with Gasteiger partial charge in [-0.05, 0) is 24.1 Å². The molecule has 0 atom stereocenters. The Balaban J connectivity index is 1.84. The van der Waals surface area contributed by atoms with Crippen molar-refractivity contribution in [2.24, 2.45) is 0 Å². The standard InChI is InChI=1S/C19H20ClN5O2/c1-3-4-16-14(12-26)11-22-25(16)19-23-17(20)9-18(24-19)21-10-13-5-7-15(27-2)8-6-13/h5-9,11-12H,3-4,10H2,1-2H3,(H,21,23,24). The van der Waals surface area contributed by atoms with Crippen molar-refractivity contribution in [1.82, 2.24) is 19.7 Å². The van der Waals surface area contributed by atoms with Gasteiger partial charge in [0.05, 0.1) is 24.6 Å². The summed E-state index contributed by atoms with van der Waals surface area (Å²) >= 11 is 6.17. The lowest BCUT2D eigenvalue weighted by molar-refractivity contribution is 0.112. The molecule has 0 radical (unpaired) electrons. The summed E-state index contributed by atoms with van der Waals surface area (Å²) in [5.41, 5.74) is 2.38. The molecule has 0 saturated heterocycles. The zero-order chi connectivity index (χ0) is 19.2. The maximum absolute atomic E-state index is 11.2. The van der Waals surface area contributed by atoms with Crippen molar-refractivity contribution in [3.05, 3.63) is 58.5 Å². The van der Waals surface area contributed by atoms with Gasteiger partial charge in [-0.15, -0.1) is 0 Å². The Morgan fingerprint density at radius 2 is 2.04 bits per heavy atom. The fourth-order valence-corrected chi connectivity index (χ4v) is 2.85. The molecule has 7 nitrogen and oxygen atoms in total. The number of hydrogen-bond acceptors (Lipinski definition) is 6. The van der Waals surface area contributed by atoms with Crippen LogP contribution in [0.5, 0.6) is 5.75 Å². The van der Waals surface area contributed by atoms with E-state index in [2.05, 4.69) is 20.4 Å². The lowest BCUT2D eigenvalue weighted by Crippen LogP contribution is -2.10. The summed E-state index contributed by atoms with van der Waals surface area (Å²) in [5.74, 6) is 1.71. The number of ether oxygens (including phenoxy) is 1. The van der Waals surface area contributed by atoms with Crippen molar-refractivity contribution in [3.63, 3.8) is 0 Å². The number of rotatable bonds is 8. The lowest BCUT2D eigenvalue weighted by atomic mass is 10.2. The fraction of sp³-hybridized carbons (Fsp3) is 0.263. The molecule has 0 spiro atoms. The van der Waals surface area contributed by atoms with Crippen LogP contribution in [0.2, 0.25) is 5.15 Å². The summed E-state index contributed by atoms with van der Waals surface area (Å²) in [6, 6.07) is 9.39. The Kier molecular flexibility index (Phi) is 6.03. The Morgan fingerprint density at radius 1 is 1.26 bits per heavy atom. The first kappa shape index (κ1) is 18.8. The van der Waals surface area contributed by atoms with Crippen LogP contribution in [0, 0.1) is 0 Å². The van der Waals surface area contributed by atoms with Gasteiger partial charge in [-0.3, -0.25) is 4.79 Å². The number of aldehydes is 1. The van der Waals surface area contributed by atoms with Crippen LogP contribution in [-0.2, 0) is 13.0 Å². The Labute approximate surface area is 162 Å². The topological polar surface area (TPSA) is 81.9 Å². The minimum atomic E-state index is 0.294. The first-order valence-electron chi connectivity index (χ1n) is 8.58. The molecule has 0 aliphatic rings. The van der Waals surface area contributed by atoms with E-state index in [0.717, 1.165) is 29.7 Å². The molecule has 3 aromatic rings. The van der Waals surface area contributed by atoms with Crippen LogP contribution in [0.25, 0.3) is 5.95 Å². The molecule has 1 N–H and O–H groups in total. The summed E-state index contributed by atoms with van der Waals surface area (Å²) in [7, 11) is 1.63. The van der Waals surface area contributed by atoms with Gasteiger partial charge in [0.15, 0.2) is 6.29 Å². The number of benzene rings is 1. The van der Waals surface area contributed by atoms with Crippen molar-refractivity contribution >= 4 is 23.7 Å². The van der Waals surface area contributed by atoms with Crippen molar-refractivity contribution in [2.75, 3.05) is 12.4 Å². The first-order valence-corrected chi connectivity index (χ1v) is 8.96. The van der Waals surface area contributed by atoms with E-state index in [9.17, 15) is 4.79 Å². The van der Waals surface area contributed by atoms with Crippen LogP contribution in [0.4, 0.5) is 5.82 Å². The maximum atomic E-state index is 11.2. The zero-order valence-electron chi connectivity index (χ0n) is 15.1.